The Labute approximate surface area is 237 Å². The van der Waals surface area contributed by atoms with Crippen LogP contribution in [0.3, 0.4) is 0 Å². The van der Waals surface area contributed by atoms with Gasteiger partial charge in [-0.05, 0) is 0 Å². The van der Waals surface area contributed by atoms with Gasteiger partial charge in [0.05, 0.1) is 0 Å². The van der Waals surface area contributed by atoms with Gasteiger partial charge in [-0.3, -0.25) is 0 Å². The van der Waals surface area contributed by atoms with E-state index in [1.165, 1.54) is 0 Å². The van der Waals surface area contributed by atoms with Crippen molar-refractivity contribution >= 4 is 53.4 Å². The zero-order valence-electron chi connectivity index (χ0n) is 21.4. The summed E-state index contributed by atoms with van der Waals surface area (Å²) in [6.07, 6.45) is 0. The summed E-state index contributed by atoms with van der Waals surface area (Å²) in [6, 6.07) is 39.3. The van der Waals surface area contributed by atoms with E-state index in [-0.39, 0.29) is 4.92 Å². The van der Waals surface area contributed by atoms with Crippen LogP contribution in [0.2, 0.25) is 0 Å². The number of nitro benzene ring substituents is 1. The normalized spacial score (nSPS) is 12.6. The second-order valence-electron chi connectivity index (χ2n) is 9.10. The van der Waals surface area contributed by atoms with Crippen LogP contribution in [0.25, 0.3) is 0 Å². The molecule has 0 fully saturated rings. The zero-order valence-corrected chi connectivity index (χ0v) is 24.8. The van der Waals surface area contributed by atoms with Gasteiger partial charge in [-0.25, -0.2) is 0 Å². The summed E-state index contributed by atoms with van der Waals surface area (Å²) in [4.78, 5) is 24.4. The Morgan fingerprint density at radius 3 is 1.29 bits per heavy atom. The molecular weight excluding hydrogens is 654 g/mol. The SMILES string of the molecule is O=[N+]([O-])c1ccc(S(=O)(=O)O)c([N+](=O)[O][Sb]([c]2ccccc2)([c]2ccccc2)([c]2ccccc2)[c]2ccccc2)c1. The Hall–Kier alpha value is -4.37. The van der Waals surface area contributed by atoms with E-state index in [1.807, 2.05) is 121 Å². The molecular formula is C30H24N2O7SSb+. The predicted octanol–water partition coefficient (Wildman–Crippen LogP) is 3.71. The van der Waals surface area contributed by atoms with Crippen molar-refractivity contribution in [2.75, 3.05) is 0 Å². The van der Waals surface area contributed by atoms with Gasteiger partial charge in [-0.2, -0.15) is 0 Å². The van der Waals surface area contributed by atoms with Crippen molar-refractivity contribution in [1.82, 2.24) is 0 Å². The molecule has 1 N–H and O–H groups in total. The minimum atomic E-state index is -5.83. The molecule has 0 spiro atoms. The molecule has 0 heterocycles. The van der Waals surface area contributed by atoms with Crippen LogP contribution >= 0.6 is 0 Å². The standard InChI is InChI=1S/C6H4N2O7S.4C6H5.Sb/c9-7(10)4-1-2-6(16(13,14)15)5(3-4)8(11)12;4*1-2-4-6-5-3-1;/h1-3H,(H,13,14,15);4*1-5H;/q;;;;;+1. The number of nitrogens with zero attached hydrogens (tertiary/aromatic N) is 2. The minimum absolute atomic E-state index is 0.0117. The van der Waals surface area contributed by atoms with E-state index in [0.717, 1.165) is 18.2 Å². The fourth-order valence-electron chi connectivity index (χ4n) is 5.11. The van der Waals surface area contributed by atoms with Crippen molar-refractivity contribution in [2.24, 2.45) is 0 Å². The van der Waals surface area contributed by atoms with Crippen LogP contribution in [-0.2, 0) is 13.2 Å². The van der Waals surface area contributed by atoms with E-state index < -0.39 is 49.1 Å². The molecule has 9 nitrogen and oxygen atoms in total. The molecule has 0 saturated carbocycles. The first kappa shape index (κ1) is 28.2. The molecule has 0 aromatic heterocycles. The Morgan fingerprint density at radius 1 is 0.610 bits per heavy atom. The summed E-state index contributed by atoms with van der Waals surface area (Å²) in [7, 11) is -4.98. The van der Waals surface area contributed by atoms with Crippen LogP contribution in [0.15, 0.2) is 144 Å². The summed E-state index contributed by atoms with van der Waals surface area (Å²) in [5.41, 5.74) is -1.27. The molecule has 5 rings (SSSR count). The van der Waals surface area contributed by atoms with Gasteiger partial charge in [-0.1, -0.05) is 0 Å². The second-order valence-corrected chi connectivity index (χ2v) is 22.8. The van der Waals surface area contributed by atoms with Gasteiger partial charge < -0.3 is 0 Å². The van der Waals surface area contributed by atoms with Crippen molar-refractivity contribution in [1.29, 1.82) is 0 Å². The summed E-state index contributed by atoms with van der Waals surface area (Å²) in [6.45, 7) is 0. The summed E-state index contributed by atoms with van der Waals surface area (Å²) >= 11 is -5.83. The quantitative estimate of drug-likeness (QED) is 0.109. The molecule has 41 heavy (non-hydrogen) atoms. The van der Waals surface area contributed by atoms with Gasteiger partial charge in [0.25, 0.3) is 0 Å². The molecule has 5 aromatic carbocycles. The van der Waals surface area contributed by atoms with Crippen molar-refractivity contribution in [3.05, 3.63) is 155 Å². The predicted molar refractivity (Wildman–Crippen MR) is 157 cm³/mol. The van der Waals surface area contributed by atoms with E-state index in [9.17, 15) is 28.0 Å². The molecule has 11 heteroatoms. The Kier molecular flexibility index (Phi) is 7.48. The monoisotopic (exact) mass is 677 g/mol. The number of rotatable bonds is 9. The van der Waals surface area contributed by atoms with Gasteiger partial charge in [0.2, 0.25) is 0 Å². The van der Waals surface area contributed by atoms with Crippen LogP contribution in [0.4, 0.5) is 11.4 Å². The maximum absolute atomic E-state index is 14.3. The number of hydrogen-bond donors (Lipinski definition) is 1. The molecule has 0 atom stereocenters. The van der Waals surface area contributed by atoms with Gasteiger partial charge in [0.15, 0.2) is 0 Å². The summed E-state index contributed by atoms with van der Waals surface area (Å²) < 4.78 is 44.2. The van der Waals surface area contributed by atoms with Gasteiger partial charge in [-0.15, -0.1) is 0 Å². The molecule has 5 aromatic rings. The van der Waals surface area contributed by atoms with Crippen molar-refractivity contribution < 1.29 is 25.9 Å². The average Bonchev–Trinajstić information content (AvgIpc) is 3.01. The third-order valence-electron chi connectivity index (χ3n) is 6.86. The van der Waals surface area contributed by atoms with Crippen LogP contribution in [-0.4, -0.2) is 40.6 Å². The van der Waals surface area contributed by atoms with E-state index >= 15 is 0 Å². The van der Waals surface area contributed by atoms with E-state index in [1.54, 1.807) is 0 Å². The third kappa shape index (κ3) is 4.70. The Morgan fingerprint density at radius 2 is 0.976 bits per heavy atom. The van der Waals surface area contributed by atoms with Gasteiger partial charge in [0, 0.05) is 0 Å². The van der Waals surface area contributed by atoms with Crippen LogP contribution in [0, 0.1) is 15.0 Å². The fourth-order valence-corrected chi connectivity index (χ4v) is 21.5. The number of benzene rings is 5. The first-order valence-electron chi connectivity index (χ1n) is 12.4. The van der Waals surface area contributed by atoms with Gasteiger partial charge in [0.1, 0.15) is 0 Å². The molecule has 0 unspecified atom stereocenters. The molecule has 0 aliphatic carbocycles. The Balaban J connectivity index is 1.97. The number of non-ortho nitro benzene ring substituents is 1. The fraction of sp³-hybridized carbons (Fsp3) is 0. The molecule has 0 aliphatic rings. The van der Waals surface area contributed by atoms with Crippen LogP contribution in [0.1, 0.15) is 0 Å². The molecule has 0 radical (unpaired) electrons. The first-order chi connectivity index (χ1) is 19.7. The van der Waals surface area contributed by atoms with Crippen molar-refractivity contribution in [3.8, 4) is 0 Å². The summed E-state index contributed by atoms with van der Waals surface area (Å²) in [5.74, 6) is 0. The third-order valence-corrected chi connectivity index (χ3v) is 23.8. The molecule has 0 bridgehead atoms. The van der Waals surface area contributed by atoms with E-state index in [2.05, 4.69) is 0 Å². The molecule has 206 valence electrons. The van der Waals surface area contributed by atoms with Crippen molar-refractivity contribution in [2.45, 2.75) is 4.90 Å². The molecule has 0 saturated heterocycles. The van der Waals surface area contributed by atoms with E-state index in [0.29, 0.717) is 14.0 Å². The number of hydrogen-bond acceptors (Lipinski definition) is 6. The average molecular weight is 678 g/mol. The molecule has 0 amide bonds. The second kappa shape index (κ2) is 10.9. The van der Waals surface area contributed by atoms with Crippen molar-refractivity contribution in [3.63, 3.8) is 0 Å². The summed E-state index contributed by atoms with van der Waals surface area (Å²) in [5, 5.41) is 11.6. The zero-order chi connectivity index (χ0) is 29.1. The maximum atomic E-state index is 14.3. The Bertz CT molecular complexity index is 1670. The van der Waals surface area contributed by atoms with Gasteiger partial charge >= 0.3 is 239 Å². The topological polar surface area (TPSA) is 127 Å². The van der Waals surface area contributed by atoms with Crippen LogP contribution < -0.4 is 14.0 Å². The number of nitro groups is 1. The van der Waals surface area contributed by atoms with E-state index in [4.69, 9.17) is 3.12 Å². The molecule has 0 aliphatic heterocycles. The van der Waals surface area contributed by atoms with Crippen LogP contribution in [0.5, 0.6) is 0 Å². The first-order valence-corrected chi connectivity index (χ1v) is 19.9.